The van der Waals surface area contributed by atoms with Gasteiger partial charge in [-0.05, 0) is 56.6 Å². The number of aromatic nitrogens is 1. The highest BCUT2D eigenvalue weighted by Gasteiger charge is 2.45. The summed E-state index contributed by atoms with van der Waals surface area (Å²) in [6.45, 7) is 0.245. The van der Waals surface area contributed by atoms with E-state index in [4.69, 9.17) is 19.9 Å². The van der Waals surface area contributed by atoms with E-state index in [2.05, 4.69) is 10.8 Å². The molecule has 0 radical (unpaired) electrons. The Morgan fingerprint density at radius 2 is 1.76 bits per heavy atom. The number of rotatable bonds is 15. The molecule has 2 aliphatic carbocycles. The zero-order valence-corrected chi connectivity index (χ0v) is 28.6. The maximum Gasteiger partial charge on any atom is 0.240 e. The SMILES string of the molecule is NC(=O)[C@@H]1C[C@@H](Oc2cc(-c3ccccc3)nc3c2oc2ccccc23)CN1C(=O)CCCCCC/C=C\[C@@H]1C[C@@H]1C(=O)NS(=O)(=O)C1CC1. The van der Waals surface area contributed by atoms with E-state index >= 15 is 0 Å². The fourth-order valence-corrected chi connectivity index (χ4v) is 8.17. The highest BCUT2D eigenvalue weighted by molar-refractivity contribution is 7.90. The van der Waals surface area contributed by atoms with Crippen LogP contribution in [0.4, 0.5) is 0 Å². The molecule has 262 valence electrons. The van der Waals surface area contributed by atoms with Gasteiger partial charge in [-0.3, -0.25) is 19.1 Å². The molecule has 3 aliphatic rings. The van der Waals surface area contributed by atoms with Gasteiger partial charge < -0.3 is 19.8 Å². The third kappa shape index (κ3) is 7.55. The van der Waals surface area contributed by atoms with Gasteiger partial charge in [-0.1, -0.05) is 67.5 Å². The molecule has 4 aromatic rings. The highest BCUT2D eigenvalue weighted by Crippen LogP contribution is 2.41. The van der Waals surface area contributed by atoms with Crippen LogP contribution in [0.1, 0.15) is 64.2 Å². The van der Waals surface area contributed by atoms with Crippen molar-refractivity contribution in [3.05, 3.63) is 72.8 Å². The molecule has 3 N–H and O–H groups in total. The zero-order valence-electron chi connectivity index (χ0n) is 27.8. The molecule has 3 fully saturated rings. The second-order valence-electron chi connectivity index (χ2n) is 13.7. The number of primary amides is 1. The van der Waals surface area contributed by atoms with Gasteiger partial charge in [-0.25, -0.2) is 13.4 Å². The van der Waals surface area contributed by atoms with E-state index in [0.29, 0.717) is 54.5 Å². The van der Waals surface area contributed by atoms with Gasteiger partial charge in [0.1, 0.15) is 23.2 Å². The van der Waals surface area contributed by atoms with Crippen LogP contribution < -0.4 is 15.2 Å². The quantitative estimate of drug-likeness (QED) is 0.119. The Labute approximate surface area is 291 Å². The van der Waals surface area contributed by atoms with Crippen molar-refractivity contribution in [3.63, 3.8) is 0 Å². The Bertz CT molecular complexity index is 2040. The van der Waals surface area contributed by atoms with Gasteiger partial charge in [0.2, 0.25) is 27.7 Å². The molecule has 12 heteroatoms. The number of carbonyl (C=O) groups is 3. The Hall–Kier alpha value is -4.71. The number of nitrogens with zero attached hydrogens (tertiary/aromatic N) is 2. The number of hydrogen-bond donors (Lipinski definition) is 2. The summed E-state index contributed by atoms with van der Waals surface area (Å²) in [7, 11) is -3.50. The lowest BCUT2D eigenvalue weighted by atomic mass is 10.1. The third-order valence-corrected chi connectivity index (χ3v) is 11.7. The van der Waals surface area contributed by atoms with Crippen molar-refractivity contribution in [1.82, 2.24) is 14.6 Å². The molecule has 3 amide bonds. The standard InChI is InChI=1S/C38H42N4O7S/c39-37(44)31-21-26(48-33-22-30(24-12-7-5-8-13-24)40-35-28-15-10-11-16-32(28)49-36(33)35)23-42(31)34(43)17-9-4-2-1-3-6-14-25-20-29(25)38(45)41-50(46,47)27-18-19-27/h5-8,10-16,22,25-27,29,31H,1-4,9,17-21,23H2,(H2,39,44)(H,41,45)/b14-6-/t25-,26-,29+,31+/m1/s1. The predicted molar refractivity (Wildman–Crippen MR) is 189 cm³/mol. The molecule has 3 heterocycles. The molecule has 4 atom stereocenters. The van der Waals surface area contributed by atoms with Crippen LogP contribution in [0.2, 0.25) is 0 Å². The van der Waals surface area contributed by atoms with Gasteiger partial charge in [-0.2, -0.15) is 0 Å². The highest BCUT2D eigenvalue weighted by atomic mass is 32.2. The summed E-state index contributed by atoms with van der Waals surface area (Å²) in [6.07, 6.45) is 10.5. The van der Waals surface area contributed by atoms with Crippen molar-refractivity contribution in [2.24, 2.45) is 17.6 Å². The lowest BCUT2D eigenvalue weighted by Gasteiger charge is -2.22. The predicted octanol–water partition coefficient (Wildman–Crippen LogP) is 5.62. The number of fused-ring (bicyclic) bond motifs is 3. The summed E-state index contributed by atoms with van der Waals surface area (Å²) in [5.74, 6) is -0.705. The van der Waals surface area contributed by atoms with Gasteiger partial charge in [0.05, 0.1) is 17.5 Å². The first kappa shape index (κ1) is 33.8. The van der Waals surface area contributed by atoms with Crippen LogP contribution in [0.3, 0.4) is 0 Å². The zero-order chi connectivity index (χ0) is 34.8. The fraction of sp³-hybridized carbons (Fsp3) is 0.421. The van der Waals surface area contributed by atoms with Crippen LogP contribution in [0, 0.1) is 11.8 Å². The number of hydrogen-bond acceptors (Lipinski definition) is 8. The Morgan fingerprint density at radius 3 is 2.54 bits per heavy atom. The van der Waals surface area contributed by atoms with E-state index in [1.54, 1.807) is 4.90 Å². The van der Waals surface area contributed by atoms with Crippen LogP contribution in [0.5, 0.6) is 5.75 Å². The summed E-state index contributed by atoms with van der Waals surface area (Å²) in [6, 6.07) is 18.6. The molecule has 0 unspecified atom stereocenters. The maximum atomic E-state index is 13.3. The number of furan rings is 1. The van der Waals surface area contributed by atoms with Gasteiger partial charge in [0.15, 0.2) is 11.3 Å². The van der Waals surface area contributed by atoms with E-state index in [9.17, 15) is 22.8 Å². The lowest BCUT2D eigenvalue weighted by Crippen LogP contribution is -2.43. The smallest absolute Gasteiger partial charge is 0.240 e. The molecule has 2 aromatic heterocycles. The Kier molecular flexibility index (Phi) is 9.63. The van der Waals surface area contributed by atoms with E-state index < -0.39 is 33.3 Å². The number of carbonyl (C=O) groups excluding carboxylic acids is 3. The molecular weight excluding hydrogens is 657 g/mol. The summed E-state index contributed by atoms with van der Waals surface area (Å²) in [5.41, 5.74) is 9.32. The number of nitrogens with two attached hydrogens (primary N) is 1. The Balaban J connectivity index is 0.898. The first-order valence-electron chi connectivity index (χ1n) is 17.5. The molecule has 11 nitrogen and oxygen atoms in total. The third-order valence-electron chi connectivity index (χ3n) is 9.85. The van der Waals surface area contributed by atoms with E-state index in [-0.39, 0.29) is 36.6 Å². The van der Waals surface area contributed by atoms with E-state index in [1.807, 2.05) is 66.7 Å². The molecular formula is C38H42N4O7S. The number of pyridine rings is 1. The van der Waals surface area contributed by atoms with Crippen LogP contribution in [-0.4, -0.2) is 60.0 Å². The fourth-order valence-electron chi connectivity index (χ4n) is 6.82. The number of benzene rings is 2. The van der Waals surface area contributed by atoms with Crippen LogP contribution in [0.15, 0.2) is 77.2 Å². The summed E-state index contributed by atoms with van der Waals surface area (Å²) in [4.78, 5) is 44.5. The van der Waals surface area contributed by atoms with E-state index in [0.717, 1.165) is 42.3 Å². The van der Waals surface area contributed by atoms with Gasteiger partial charge in [0, 0.05) is 35.8 Å². The minimum Gasteiger partial charge on any atom is -0.484 e. The largest absolute Gasteiger partial charge is 0.484 e. The second-order valence-corrected chi connectivity index (χ2v) is 15.6. The van der Waals surface area contributed by atoms with Gasteiger partial charge in [0.25, 0.3) is 0 Å². The molecule has 0 bridgehead atoms. The van der Waals surface area contributed by atoms with Crippen molar-refractivity contribution in [2.45, 2.75) is 81.6 Å². The number of amides is 3. The van der Waals surface area contributed by atoms with Crippen LogP contribution in [0.25, 0.3) is 33.3 Å². The van der Waals surface area contributed by atoms with Gasteiger partial charge in [-0.15, -0.1) is 0 Å². The number of unbranched alkanes of at least 4 members (excludes halogenated alkanes) is 4. The molecule has 7 rings (SSSR count). The number of nitrogens with one attached hydrogen (secondary N) is 1. The first-order chi connectivity index (χ1) is 24.2. The summed E-state index contributed by atoms with van der Waals surface area (Å²) >= 11 is 0. The van der Waals surface area contributed by atoms with Crippen molar-refractivity contribution >= 4 is 49.8 Å². The second kappa shape index (κ2) is 14.3. The first-order valence-corrected chi connectivity index (χ1v) is 19.1. The number of allylic oxidation sites excluding steroid dienone is 2. The average molecular weight is 699 g/mol. The molecule has 50 heavy (non-hydrogen) atoms. The van der Waals surface area contributed by atoms with E-state index in [1.165, 1.54) is 0 Å². The number of para-hydroxylation sites is 1. The summed E-state index contributed by atoms with van der Waals surface area (Å²) < 4.78 is 38.9. The number of likely N-dealkylation sites (tertiary alicyclic amines) is 1. The minimum absolute atomic E-state index is 0.0997. The molecule has 2 aromatic carbocycles. The lowest BCUT2D eigenvalue weighted by molar-refractivity contribution is -0.137. The van der Waals surface area contributed by atoms with Crippen molar-refractivity contribution in [3.8, 4) is 17.0 Å². The molecule has 0 spiro atoms. The number of ether oxygens (including phenoxy) is 1. The van der Waals surface area contributed by atoms with Crippen molar-refractivity contribution < 1.29 is 32.0 Å². The summed E-state index contributed by atoms with van der Waals surface area (Å²) in [5, 5.41) is 0.474. The van der Waals surface area contributed by atoms with Crippen molar-refractivity contribution in [2.75, 3.05) is 6.54 Å². The normalized spacial score (nSPS) is 22.0. The van der Waals surface area contributed by atoms with Gasteiger partial charge >= 0.3 is 0 Å². The van der Waals surface area contributed by atoms with Crippen molar-refractivity contribution in [1.29, 1.82) is 0 Å². The molecule has 1 aliphatic heterocycles. The number of sulfonamides is 1. The molecule has 1 saturated heterocycles. The minimum atomic E-state index is -3.50. The molecule has 2 saturated carbocycles. The average Bonchev–Trinajstić information content (AvgIpc) is 4.03. The Morgan fingerprint density at radius 1 is 1.00 bits per heavy atom. The van der Waals surface area contributed by atoms with Crippen LogP contribution >= 0.6 is 0 Å². The van der Waals surface area contributed by atoms with Crippen LogP contribution in [-0.2, 0) is 24.4 Å². The topological polar surface area (TPSA) is 162 Å². The maximum absolute atomic E-state index is 13.3. The monoisotopic (exact) mass is 698 g/mol.